The first-order valence-electron chi connectivity index (χ1n) is 5.18. The first-order chi connectivity index (χ1) is 6.97. The largest absolute Gasteiger partial charge is 0.392 e. The van der Waals surface area contributed by atoms with Crippen molar-refractivity contribution in [1.29, 1.82) is 0 Å². The van der Waals surface area contributed by atoms with Gasteiger partial charge in [-0.15, -0.1) is 0 Å². The Morgan fingerprint density at radius 2 is 2.20 bits per heavy atom. The summed E-state index contributed by atoms with van der Waals surface area (Å²) < 4.78 is 0.218. The van der Waals surface area contributed by atoms with Crippen molar-refractivity contribution in [2.45, 2.75) is 38.0 Å². The van der Waals surface area contributed by atoms with Gasteiger partial charge in [-0.25, -0.2) is 0 Å². The average Bonchev–Trinajstić information content (AvgIpc) is 2.15. The van der Waals surface area contributed by atoms with E-state index in [0.717, 1.165) is 11.3 Å². The van der Waals surface area contributed by atoms with E-state index in [4.69, 9.17) is 0 Å². The molecule has 0 radical (unpaired) electrons. The van der Waals surface area contributed by atoms with Gasteiger partial charge in [0.25, 0.3) is 0 Å². The van der Waals surface area contributed by atoms with E-state index in [-0.39, 0.29) is 10.9 Å². The van der Waals surface area contributed by atoms with Crippen molar-refractivity contribution in [1.82, 2.24) is 4.98 Å². The number of hydrogen-bond donors (Lipinski definition) is 1. The third kappa shape index (κ3) is 5.80. The normalized spacial score (nSPS) is 13.9. The fraction of sp³-hybridized carbons (Fsp3) is 0.583. The summed E-state index contributed by atoms with van der Waals surface area (Å²) in [4.78, 5) is 4.03. The molecule has 0 fully saturated rings. The number of aliphatic hydroxyl groups is 1. The Morgan fingerprint density at radius 3 is 2.73 bits per heavy atom. The lowest BCUT2D eigenvalue weighted by molar-refractivity contribution is 0.199. The molecule has 0 amide bonds. The van der Waals surface area contributed by atoms with Gasteiger partial charge in [0.15, 0.2) is 0 Å². The van der Waals surface area contributed by atoms with Crippen LogP contribution in [0.3, 0.4) is 0 Å². The third-order valence-corrected chi connectivity index (χ3v) is 3.32. The molecule has 0 aliphatic heterocycles. The van der Waals surface area contributed by atoms with Crippen molar-refractivity contribution < 1.29 is 5.11 Å². The molecule has 84 valence electrons. The Bertz CT molecular complexity index is 281. The Balaban J connectivity index is 2.34. The van der Waals surface area contributed by atoms with Gasteiger partial charge in [-0.05, 0) is 11.6 Å². The first kappa shape index (κ1) is 12.5. The highest BCUT2D eigenvalue weighted by Gasteiger charge is 2.14. The molecule has 0 aromatic carbocycles. The van der Waals surface area contributed by atoms with Crippen molar-refractivity contribution >= 4 is 11.8 Å². The molecule has 1 aromatic heterocycles. The van der Waals surface area contributed by atoms with Crippen molar-refractivity contribution in [2.75, 3.05) is 5.75 Å². The van der Waals surface area contributed by atoms with Gasteiger partial charge in [-0.3, -0.25) is 4.98 Å². The van der Waals surface area contributed by atoms with E-state index in [9.17, 15) is 5.11 Å². The van der Waals surface area contributed by atoms with Crippen molar-refractivity contribution in [2.24, 2.45) is 0 Å². The molecular weight excluding hydrogens is 206 g/mol. The predicted molar refractivity (Wildman–Crippen MR) is 66.2 cm³/mol. The van der Waals surface area contributed by atoms with E-state index in [2.05, 4.69) is 25.8 Å². The molecule has 1 aromatic rings. The minimum Gasteiger partial charge on any atom is -0.392 e. The molecule has 0 bridgehead atoms. The molecule has 1 N–H and O–H groups in total. The summed E-state index contributed by atoms with van der Waals surface area (Å²) in [5.74, 6) is 0.776. The first-order valence-corrected chi connectivity index (χ1v) is 6.17. The van der Waals surface area contributed by atoms with Crippen molar-refractivity contribution in [3.63, 3.8) is 0 Å². The zero-order valence-electron chi connectivity index (χ0n) is 9.60. The fourth-order valence-electron chi connectivity index (χ4n) is 1.20. The molecule has 0 aliphatic carbocycles. The Morgan fingerprint density at radius 1 is 1.47 bits per heavy atom. The number of pyridine rings is 1. The van der Waals surface area contributed by atoms with Crippen LogP contribution in [0, 0.1) is 0 Å². The average molecular weight is 225 g/mol. The standard InChI is InChI=1S/C12H19NOS/c1-12(2,3)15-9-11(14)7-10-5-4-6-13-8-10/h4-6,8,11,14H,7,9H2,1-3H3. The number of nitrogens with zero attached hydrogens (tertiary/aromatic N) is 1. The van der Waals surface area contributed by atoms with Gasteiger partial charge in [-0.2, -0.15) is 11.8 Å². The lowest BCUT2D eigenvalue weighted by atomic mass is 10.1. The van der Waals surface area contributed by atoms with Gasteiger partial charge in [0.2, 0.25) is 0 Å². The molecule has 1 atom stereocenters. The summed E-state index contributed by atoms with van der Waals surface area (Å²) in [7, 11) is 0. The van der Waals surface area contributed by atoms with Crippen LogP contribution in [-0.4, -0.2) is 26.7 Å². The van der Waals surface area contributed by atoms with Crippen LogP contribution < -0.4 is 0 Å². The summed E-state index contributed by atoms with van der Waals surface area (Å²) in [6.07, 6.45) is 3.97. The van der Waals surface area contributed by atoms with E-state index in [1.54, 1.807) is 18.0 Å². The van der Waals surface area contributed by atoms with Gasteiger partial charge >= 0.3 is 0 Å². The summed E-state index contributed by atoms with van der Waals surface area (Å²) in [5, 5.41) is 9.82. The highest BCUT2D eigenvalue weighted by atomic mass is 32.2. The van der Waals surface area contributed by atoms with Crippen LogP contribution >= 0.6 is 11.8 Å². The summed E-state index contributed by atoms with van der Waals surface area (Å²) in [6, 6.07) is 3.90. The summed E-state index contributed by atoms with van der Waals surface area (Å²) in [5.41, 5.74) is 1.10. The number of rotatable bonds is 4. The van der Waals surface area contributed by atoms with Crippen LogP contribution in [0.25, 0.3) is 0 Å². The molecule has 1 heterocycles. The maximum absolute atomic E-state index is 9.82. The van der Waals surface area contributed by atoms with E-state index < -0.39 is 0 Å². The van der Waals surface area contributed by atoms with Gasteiger partial charge in [-0.1, -0.05) is 26.8 Å². The predicted octanol–water partition coefficient (Wildman–Crippen LogP) is 2.52. The lowest BCUT2D eigenvalue weighted by Gasteiger charge is -2.19. The molecule has 0 saturated heterocycles. The minimum absolute atomic E-state index is 0.218. The molecule has 0 aliphatic rings. The van der Waals surface area contributed by atoms with Gasteiger partial charge < -0.3 is 5.11 Å². The molecule has 15 heavy (non-hydrogen) atoms. The van der Waals surface area contributed by atoms with Crippen LogP contribution in [0.5, 0.6) is 0 Å². The maximum Gasteiger partial charge on any atom is 0.0671 e. The molecule has 0 spiro atoms. The van der Waals surface area contributed by atoms with E-state index in [1.165, 1.54) is 0 Å². The second-order valence-electron chi connectivity index (χ2n) is 4.64. The Kier molecular flexibility index (Phi) is 4.61. The number of thioether (sulfide) groups is 1. The SMILES string of the molecule is CC(C)(C)SCC(O)Cc1cccnc1. The van der Waals surface area contributed by atoms with Crippen LogP contribution in [0.15, 0.2) is 24.5 Å². The van der Waals surface area contributed by atoms with Crippen molar-refractivity contribution in [3.8, 4) is 0 Å². The highest BCUT2D eigenvalue weighted by molar-refractivity contribution is 8.00. The van der Waals surface area contributed by atoms with Gasteiger partial charge in [0.1, 0.15) is 0 Å². The van der Waals surface area contributed by atoms with Crippen molar-refractivity contribution in [3.05, 3.63) is 30.1 Å². The number of aliphatic hydroxyl groups excluding tert-OH is 1. The monoisotopic (exact) mass is 225 g/mol. The smallest absolute Gasteiger partial charge is 0.0671 e. The topological polar surface area (TPSA) is 33.1 Å². The van der Waals surface area contributed by atoms with Gasteiger partial charge in [0, 0.05) is 29.3 Å². The van der Waals surface area contributed by atoms with Crippen LogP contribution in [0.1, 0.15) is 26.3 Å². The zero-order valence-corrected chi connectivity index (χ0v) is 10.4. The fourth-order valence-corrected chi connectivity index (χ4v) is 2.01. The van der Waals surface area contributed by atoms with Crippen LogP contribution in [-0.2, 0) is 6.42 Å². The van der Waals surface area contributed by atoms with Crippen LogP contribution in [0.2, 0.25) is 0 Å². The Hall–Kier alpha value is -0.540. The molecule has 3 heteroatoms. The number of hydrogen-bond acceptors (Lipinski definition) is 3. The molecule has 0 saturated carbocycles. The molecule has 1 rings (SSSR count). The zero-order chi connectivity index (χ0) is 11.3. The summed E-state index contributed by atoms with van der Waals surface area (Å²) in [6.45, 7) is 6.48. The van der Waals surface area contributed by atoms with Gasteiger partial charge in [0.05, 0.1) is 6.10 Å². The van der Waals surface area contributed by atoms with E-state index >= 15 is 0 Å². The number of aromatic nitrogens is 1. The maximum atomic E-state index is 9.82. The lowest BCUT2D eigenvalue weighted by Crippen LogP contribution is -2.18. The van der Waals surface area contributed by atoms with E-state index in [1.807, 2.05) is 18.3 Å². The second kappa shape index (κ2) is 5.52. The molecule has 2 nitrogen and oxygen atoms in total. The second-order valence-corrected chi connectivity index (χ2v) is 6.49. The van der Waals surface area contributed by atoms with E-state index in [0.29, 0.717) is 6.42 Å². The Labute approximate surface area is 96.1 Å². The highest BCUT2D eigenvalue weighted by Crippen LogP contribution is 2.24. The minimum atomic E-state index is -0.279. The quantitative estimate of drug-likeness (QED) is 0.854. The summed E-state index contributed by atoms with van der Waals surface area (Å²) >= 11 is 1.79. The third-order valence-electron chi connectivity index (χ3n) is 1.90. The molecular formula is C12H19NOS. The van der Waals surface area contributed by atoms with Crippen LogP contribution in [0.4, 0.5) is 0 Å². The molecule has 1 unspecified atom stereocenters.